The minimum Gasteiger partial charge on any atom is -0.346 e. The first-order valence-electron chi connectivity index (χ1n) is 7.32. The van der Waals surface area contributed by atoms with Crippen molar-refractivity contribution in [3.8, 4) is 6.07 Å². The monoisotopic (exact) mass is 295 g/mol. The molecule has 1 aliphatic heterocycles. The van der Waals surface area contributed by atoms with Gasteiger partial charge in [0.2, 0.25) is 5.91 Å². The van der Waals surface area contributed by atoms with Crippen LogP contribution in [0.15, 0.2) is 25.2 Å². The molecular formula is C16H17N5O. The first-order chi connectivity index (χ1) is 10.7. The van der Waals surface area contributed by atoms with E-state index in [1.54, 1.807) is 4.90 Å². The molecule has 3 rings (SSSR count). The van der Waals surface area contributed by atoms with Gasteiger partial charge in [-0.2, -0.15) is 5.26 Å². The summed E-state index contributed by atoms with van der Waals surface area (Å²) < 4.78 is 0. The number of amides is 1. The number of nitrogens with zero attached hydrogens (tertiary/aromatic N) is 4. The number of likely N-dealkylation sites (tertiary alicyclic amines) is 1. The lowest BCUT2D eigenvalue weighted by Crippen LogP contribution is -2.40. The zero-order chi connectivity index (χ0) is 15.5. The van der Waals surface area contributed by atoms with Gasteiger partial charge in [-0.1, -0.05) is 6.58 Å². The van der Waals surface area contributed by atoms with Gasteiger partial charge in [-0.15, -0.1) is 0 Å². The van der Waals surface area contributed by atoms with Crippen LogP contribution in [0.3, 0.4) is 0 Å². The topological polar surface area (TPSA) is 85.7 Å². The number of aromatic nitrogens is 3. The molecule has 0 aliphatic carbocycles. The van der Waals surface area contributed by atoms with Crippen LogP contribution in [0.4, 0.5) is 0 Å². The fraction of sp³-hybridized carbons (Fsp3) is 0.375. The molecule has 6 heteroatoms. The molecule has 1 atom stereocenters. The fourth-order valence-corrected chi connectivity index (χ4v) is 2.99. The Bertz CT molecular complexity index is 757. The molecule has 6 nitrogen and oxygen atoms in total. The first-order valence-corrected chi connectivity index (χ1v) is 7.32. The molecule has 1 saturated heterocycles. The number of nitrogens with one attached hydrogen (secondary N) is 1. The second kappa shape index (κ2) is 5.98. The van der Waals surface area contributed by atoms with Gasteiger partial charge >= 0.3 is 0 Å². The van der Waals surface area contributed by atoms with Crippen LogP contribution in [-0.2, 0) is 4.79 Å². The summed E-state index contributed by atoms with van der Waals surface area (Å²) in [4.78, 5) is 25.3. The summed E-state index contributed by atoms with van der Waals surface area (Å²) in [5.74, 6) is 0.0684. The van der Waals surface area contributed by atoms with Crippen molar-refractivity contribution in [3.63, 3.8) is 0 Å². The minimum absolute atomic E-state index is 0.0608. The van der Waals surface area contributed by atoms with E-state index in [2.05, 4.69) is 21.5 Å². The second-order valence-corrected chi connectivity index (χ2v) is 5.50. The van der Waals surface area contributed by atoms with E-state index in [4.69, 9.17) is 5.26 Å². The quantitative estimate of drug-likeness (QED) is 0.939. The molecule has 2 aromatic rings. The SMILES string of the molecule is C=C(c1ncnc2[nH]ccc12)C1CCCN(C(=O)CC#N)C1. The maximum Gasteiger partial charge on any atom is 0.236 e. The highest BCUT2D eigenvalue weighted by molar-refractivity contribution is 5.88. The van der Waals surface area contributed by atoms with Gasteiger partial charge in [-0.25, -0.2) is 9.97 Å². The molecule has 0 radical (unpaired) electrons. The van der Waals surface area contributed by atoms with Crippen LogP contribution in [0, 0.1) is 17.2 Å². The van der Waals surface area contributed by atoms with Crippen molar-refractivity contribution in [1.82, 2.24) is 19.9 Å². The average Bonchev–Trinajstić information content (AvgIpc) is 3.03. The highest BCUT2D eigenvalue weighted by Crippen LogP contribution is 2.31. The van der Waals surface area contributed by atoms with Crippen molar-refractivity contribution >= 4 is 22.5 Å². The van der Waals surface area contributed by atoms with Crippen molar-refractivity contribution in [2.45, 2.75) is 19.3 Å². The van der Waals surface area contributed by atoms with Gasteiger partial charge in [0.05, 0.1) is 11.8 Å². The highest BCUT2D eigenvalue weighted by atomic mass is 16.2. The third kappa shape index (κ3) is 2.58. The summed E-state index contributed by atoms with van der Waals surface area (Å²) in [6, 6.07) is 3.86. The van der Waals surface area contributed by atoms with Crippen molar-refractivity contribution < 1.29 is 4.79 Å². The summed E-state index contributed by atoms with van der Waals surface area (Å²) in [6.45, 7) is 5.53. The number of piperidine rings is 1. The molecule has 1 N–H and O–H groups in total. The van der Waals surface area contributed by atoms with E-state index < -0.39 is 0 Å². The van der Waals surface area contributed by atoms with Crippen molar-refractivity contribution in [2.24, 2.45) is 5.92 Å². The molecule has 112 valence electrons. The first kappa shape index (κ1) is 14.3. The number of hydrogen-bond donors (Lipinski definition) is 1. The molecule has 1 unspecified atom stereocenters. The average molecular weight is 295 g/mol. The predicted molar refractivity (Wildman–Crippen MR) is 82.5 cm³/mol. The summed E-state index contributed by atoms with van der Waals surface area (Å²) in [6.07, 6.45) is 5.20. The Labute approximate surface area is 128 Å². The van der Waals surface area contributed by atoms with Gasteiger partial charge in [0.1, 0.15) is 18.4 Å². The lowest BCUT2D eigenvalue weighted by Gasteiger charge is -2.33. The summed E-state index contributed by atoms with van der Waals surface area (Å²) in [5, 5.41) is 9.63. The number of rotatable bonds is 3. The molecule has 1 aliphatic rings. The van der Waals surface area contributed by atoms with Gasteiger partial charge in [-0.3, -0.25) is 4.79 Å². The molecule has 0 spiro atoms. The van der Waals surface area contributed by atoms with Gasteiger partial charge in [0.25, 0.3) is 0 Å². The van der Waals surface area contributed by atoms with Gasteiger partial charge in [-0.05, 0) is 24.5 Å². The fourth-order valence-electron chi connectivity index (χ4n) is 2.99. The minimum atomic E-state index is -0.102. The van der Waals surface area contributed by atoms with E-state index in [1.807, 2.05) is 18.3 Å². The van der Waals surface area contributed by atoms with Gasteiger partial charge < -0.3 is 9.88 Å². The molecule has 22 heavy (non-hydrogen) atoms. The third-order valence-corrected chi connectivity index (χ3v) is 4.16. The zero-order valence-electron chi connectivity index (χ0n) is 12.2. The van der Waals surface area contributed by atoms with Crippen LogP contribution in [0.25, 0.3) is 16.6 Å². The van der Waals surface area contributed by atoms with Crippen molar-refractivity contribution in [3.05, 3.63) is 30.9 Å². The van der Waals surface area contributed by atoms with E-state index >= 15 is 0 Å². The van der Waals surface area contributed by atoms with Crippen LogP contribution in [0.2, 0.25) is 0 Å². The number of nitriles is 1. The lowest BCUT2D eigenvalue weighted by molar-refractivity contribution is -0.131. The zero-order valence-corrected chi connectivity index (χ0v) is 12.2. The predicted octanol–water partition coefficient (Wildman–Crippen LogP) is 2.12. The van der Waals surface area contributed by atoms with Crippen LogP contribution >= 0.6 is 0 Å². The summed E-state index contributed by atoms with van der Waals surface area (Å²) in [5.41, 5.74) is 2.56. The Morgan fingerprint density at radius 2 is 2.41 bits per heavy atom. The standard InChI is InChI=1S/C16H17N5O/c1-11(15-13-5-7-18-16(13)20-10-19-15)12-3-2-8-21(9-12)14(22)4-6-17/h5,7,10,12H,1-4,8-9H2,(H,18,19,20). The third-order valence-electron chi connectivity index (χ3n) is 4.16. The van der Waals surface area contributed by atoms with E-state index in [9.17, 15) is 4.79 Å². The number of aromatic amines is 1. The van der Waals surface area contributed by atoms with Crippen LogP contribution in [0.1, 0.15) is 25.0 Å². The lowest BCUT2D eigenvalue weighted by atomic mass is 9.88. The second-order valence-electron chi connectivity index (χ2n) is 5.50. The number of fused-ring (bicyclic) bond motifs is 1. The van der Waals surface area contributed by atoms with E-state index in [0.717, 1.165) is 35.1 Å². The molecular weight excluding hydrogens is 278 g/mol. The van der Waals surface area contributed by atoms with Gasteiger partial charge in [0, 0.05) is 30.6 Å². The molecule has 3 heterocycles. The van der Waals surface area contributed by atoms with Crippen molar-refractivity contribution in [1.29, 1.82) is 5.26 Å². The number of carbonyl (C=O) groups excluding carboxylic acids is 1. The van der Waals surface area contributed by atoms with Crippen LogP contribution < -0.4 is 0 Å². The maximum absolute atomic E-state index is 11.9. The molecule has 0 saturated carbocycles. The highest BCUT2D eigenvalue weighted by Gasteiger charge is 2.27. The molecule has 1 fully saturated rings. The Morgan fingerprint density at radius 1 is 1.55 bits per heavy atom. The summed E-state index contributed by atoms with van der Waals surface area (Å²) in [7, 11) is 0. The molecule has 0 bridgehead atoms. The number of hydrogen-bond acceptors (Lipinski definition) is 4. The normalized spacial score (nSPS) is 18.1. The Hall–Kier alpha value is -2.68. The Kier molecular flexibility index (Phi) is 3.88. The van der Waals surface area contributed by atoms with Crippen molar-refractivity contribution in [2.75, 3.05) is 13.1 Å². The number of H-pyrrole nitrogens is 1. The van der Waals surface area contributed by atoms with Crippen LogP contribution in [0.5, 0.6) is 0 Å². The Balaban J connectivity index is 1.81. The molecule has 1 amide bonds. The van der Waals surface area contributed by atoms with Gasteiger partial charge in [0.15, 0.2) is 0 Å². The smallest absolute Gasteiger partial charge is 0.236 e. The number of carbonyl (C=O) groups is 1. The molecule has 0 aromatic carbocycles. The largest absolute Gasteiger partial charge is 0.346 e. The Morgan fingerprint density at radius 3 is 3.23 bits per heavy atom. The molecule has 2 aromatic heterocycles. The summed E-state index contributed by atoms with van der Waals surface area (Å²) >= 11 is 0. The van der Waals surface area contributed by atoms with E-state index in [1.165, 1.54) is 6.33 Å². The van der Waals surface area contributed by atoms with Crippen LogP contribution in [-0.4, -0.2) is 38.8 Å². The van der Waals surface area contributed by atoms with E-state index in [-0.39, 0.29) is 18.2 Å². The maximum atomic E-state index is 11.9. The van der Waals surface area contributed by atoms with E-state index in [0.29, 0.717) is 13.1 Å².